The number of primary sulfonamides is 1. The number of hydrogen-bond acceptors (Lipinski definition) is 4. The number of nitrogens with one attached hydrogen (secondary N) is 1. The number of carbonyl (C=O) groups excluding carboxylic acids is 1. The van der Waals surface area contributed by atoms with Gasteiger partial charge in [-0.3, -0.25) is 4.79 Å². The number of carbonyl (C=O) groups is 1. The molecule has 0 fully saturated rings. The van der Waals surface area contributed by atoms with Gasteiger partial charge < -0.3 is 10.1 Å². The number of benzene rings is 3. The van der Waals surface area contributed by atoms with Crippen LogP contribution in [-0.2, 0) is 16.6 Å². The van der Waals surface area contributed by atoms with Gasteiger partial charge in [-0.05, 0) is 36.4 Å². The van der Waals surface area contributed by atoms with Crippen LogP contribution in [0.25, 0.3) is 0 Å². The quantitative estimate of drug-likeness (QED) is 0.613. The molecule has 0 aliphatic heterocycles. The van der Waals surface area contributed by atoms with Crippen LogP contribution in [-0.4, -0.2) is 14.3 Å². The molecular formula is C20H16ClFN2O4S. The van der Waals surface area contributed by atoms with E-state index in [4.69, 9.17) is 21.5 Å². The number of anilines is 1. The molecule has 0 radical (unpaired) electrons. The van der Waals surface area contributed by atoms with E-state index in [2.05, 4.69) is 5.32 Å². The highest BCUT2D eigenvalue weighted by molar-refractivity contribution is 7.89. The monoisotopic (exact) mass is 434 g/mol. The van der Waals surface area contributed by atoms with E-state index < -0.39 is 26.6 Å². The van der Waals surface area contributed by atoms with E-state index in [0.717, 1.165) is 23.8 Å². The first-order chi connectivity index (χ1) is 13.7. The molecule has 0 heterocycles. The maximum Gasteiger partial charge on any atom is 0.259 e. The van der Waals surface area contributed by atoms with Gasteiger partial charge in [0.1, 0.15) is 18.2 Å². The number of amides is 1. The Bertz CT molecular complexity index is 1170. The molecule has 0 aliphatic rings. The van der Waals surface area contributed by atoms with Gasteiger partial charge in [-0.1, -0.05) is 41.9 Å². The molecule has 3 N–H and O–H groups in total. The number of hydrogen-bond donors (Lipinski definition) is 2. The Morgan fingerprint density at radius 1 is 1.07 bits per heavy atom. The van der Waals surface area contributed by atoms with Crippen molar-refractivity contribution in [3.8, 4) is 5.75 Å². The smallest absolute Gasteiger partial charge is 0.259 e. The van der Waals surface area contributed by atoms with Crippen LogP contribution in [0.15, 0.2) is 71.6 Å². The molecule has 0 bridgehead atoms. The molecule has 1 amide bonds. The lowest BCUT2D eigenvalue weighted by molar-refractivity contribution is 0.102. The van der Waals surface area contributed by atoms with Crippen molar-refractivity contribution in [2.75, 3.05) is 5.32 Å². The highest BCUT2D eigenvalue weighted by Gasteiger charge is 2.16. The van der Waals surface area contributed by atoms with Crippen molar-refractivity contribution in [1.29, 1.82) is 0 Å². The minimum Gasteiger partial charge on any atom is -0.488 e. The van der Waals surface area contributed by atoms with Crippen molar-refractivity contribution in [3.05, 3.63) is 88.7 Å². The first kappa shape index (κ1) is 20.8. The fraction of sp³-hybridized carbons (Fsp3) is 0.0500. The number of nitrogens with two attached hydrogens (primary N) is 1. The Balaban J connectivity index is 1.82. The second-order valence-electron chi connectivity index (χ2n) is 6.05. The minimum absolute atomic E-state index is 0.0556. The Morgan fingerprint density at radius 3 is 2.48 bits per heavy atom. The molecule has 29 heavy (non-hydrogen) atoms. The zero-order valence-corrected chi connectivity index (χ0v) is 16.5. The van der Waals surface area contributed by atoms with E-state index in [1.165, 1.54) is 6.07 Å². The maximum atomic E-state index is 13.7. The summed E-state index contributed by atoms with van der Waals surface area (Å²) in [4.78, 5) is 12.2. The third kappa shape index (κ3) is 5.32. The first-order valence-corrected chi connectivity index (χ1v) is 10.3. The Hall–Kier alpha value is -2.94. The molecule has 0 saturated heterocycles. The fourth-order valence-corrected chi connectivity index (χ4v) is 3.31. The Labute approximate surface area is 172 Å². The van der Waals surface area contributed by atoms with Crippen molar-refractivity contribution >= 4 is 33.2 Å². The van der Waals surface area contributed by atoms with E-state index in [0.29, 0.717) is 5.02 Å². The maximum absolute atomic E-state index is 13.7. The molecule has 3 rings (SSSR count). The third-order valence-electron chi connectivity index (χ3n) is 3.93. The average molecular weight is 435 g/mol. The predicted octanol–water partition coefficient (Wildman–Crippen LogP) is 3.96. The van der Waals surface area contributed by atoms with Gasteiger partial charge in [0.05, 0.1) is 10.5 Å². The lowest BCUT2D eigenvalue weighted by Crippen LogP contribution is -2.16. The van der Waals surface area contributed by atoms with Crippen molar-refractivity contribution in [2.45, 2.75) is 11.5 Å². The summed E-state index contributed by atoms with van der Waals surface area (Å²) < 4.78 is 42.4. The van der Waals surface area contributed by atoms with Gasteiger partial charge in [-0.25, -0.2) is 17.9 Å². The van der Waals surface area contributed by atoms with Crippen LogP contribution in [0.5, 0.6) is 5.75 Å². The van der Waals surface area contributed by atoms with Crippen LogP contribution >= 0.6 is 11.6 Å². The van der Waals surface area contributed by atoms with Crippen molar-refractivity contribution in [3.63, 3.8) is 0 Å². The number of rotatable bonds is 6. The zero-order valence-electron chi connectivity index (χ0n) is 14.9. The minimum atomic E-state index is -4.13. The van der Waals surface area contributed by atoms with Gasteiger partial charge in [0, 0.05) is 16.3 Å². The second kappa shape index (κ2) is 8.60. The first-order valence-electron chi connectivity index (χ1n) is 8.34. The summed E-state index contributed by atoms with van der Waals surface area (Å²) in [6.45, 7) is 0.138. The summed E-state index contributed by atoms with van der Waals surface area (Å²) >= 11 is 6.11. The lowest BCUT2D eigenvalue weighted by atomic mass is 10.1. The van der Waals surface area contributed by atoms with Gasteiger partial charge in [0.15, 0.2) is 0 Å². The molecule has 0 aromatic heterocycles. The number of para-hydroxylation sites is 1. The van der Waals surface area contributed by atoms with E-state index in [1.54, 1.807) is 36.4 Å². The third-order valence-corrected chi connectivity index (χ3v) is 5.19. The van der Waals surface area contributed by atoms with Crippen LogP contribution in [0.2, 0.25) is 5.02 Å². The number of ether oxygens (including phenoxy) is 1. The number of halogens is 2. The topological polar surface area (TPSA) is 98.5 Å². The molecule has 0 atom stereocenters. The van der Waals surface area contributed by atoms with Gasteiger partial charge >= 0.3 is 0 Å². The molecule has 0 saturated carbocycles. The van der Waals surface area contributed by atoms with E-state index in [9.17, 15) is 17.6 Å². The molecule has 3 aromatic carbocycles. The normalized spacial score (nSPS) is 11.1. The van der Waals surface area contributed by atoms with Crippen LogP contribution in [0, 0.1) is 5.82 Å². The van der Waals surface area contributed by atoms with Crippen LogP contribution in [0.4, 0.5) is 10.1 Å². The molecule has 6 nitrogen and oxygen atoms in total. The second-order valence-corrected chi connectivity index (χ2v) is 8.02. The zero-order chi connectivity index (χ0) is 21.0. The molecule has 0 spiro atoms. The highest BCUT2D eigenvalue weighted by atomic mass is 35.5. The van der Waals surface area contributed by atoms with Gasteiger partial charge in [-0.15, -0.1) is 0 Å². The molecule has 0 unspecified atom stereocenters. The van der Waals surface area contributed by atoms with E-state index in [1.807, 2.05) is 6.07 Å². The highest BCUT2D eigenvalue weighted by Crippen LogP contribution is 2.24. The summed E-state index contributed by atoms with van der Waals surface area (Å²) in [5.74, 6) is -1.17. The van der Waals surface area contributed by atoms with Crippen molar-refractivity contribution in [2.24, 2.45) is 5.14 Å². The fourth-order valence-electron chi connectivity index (χ4n) is 2.55. The summed E-state index contributed by atoms with van der Waals surface area (Å²) in [6, 6.07) is 16.4. The van der Waals surface area contributed by atoms with Crippen LogP contribution in [0.1, 0.15) is 15.9 Å². The Kier molecular flexibility index (Phi) is 6.17. The van der Waals surface area contributed by atoms with Crippen molar-refractivity contribution < 1.29 is 22.3 Å². The standard InChI is InChI=1S/C20H16ClFN2O4S/c21-18-7-3-1-5-13(18)12-28-19-8-4-2-6-17(19)20(25)24-15-9-14(22)10-16(11-15)29(23,26)27/h1-11H,12H2,(H,24,25)(H2,23,26,27). The summed E-state index contributed by atoms with van der Waals surface area (Å²) in [5.41, 5.74) is 0.869. The van der Waals surface area contributed by atoms with Crippen molar-refractivity contribution in [1.82, 2.24) is 0 Å². The molecular weight excluding hydrogens is 419 g/mol. The van der Waals surface area contributed by atoms with E-state index >= 15 is 0 Å². The van der Waals surface area contributed by atoms with Gasteiger partial charge in [0.2, 0.25) is 10.0 Å². The van der Waals surface area contributed by atoms with Crippen LogP contribution < -0.4 is 15.2 Å². The van der Waals surface area contributed by atoms with E-state index in [-0.39, 0.29) is 23.6 Å². The lowest BCUT2D eigenvalue weighted by Gasteiger charge is -2.13. The largest absolute Gasteiger partial charge is 0.488 e. The van der Waals surface area contributed by atoms with Gasteiger partial charge in [-0.2, -0.15) is 0 Å². The summed E-state index contributed by atoms with van der Waals surface area (Å²) in [6.07, 6.45) is 0. The van der Waals surface area contributed by atoms with Gasteiger partial charge in [0.25, 0.3) is 5.91 Å². The SMILES string of the molecule is NS(=O)(=O)c1cc(F)cc(NC(=O)c2ccccc2OCc2ccccc2Cl)c1. The molecule has 3 aromatic rings. The Morgan fingerprint density at radius 2 is 1.76 bits per heavy atom. The summed E-state index contributed by atoms with van der Waals surface area (Å²) in [7, 11) is -4.13. The molecule has 9 heteroatoms. The molecule has 0 aliphatic carbocycles. The average Bonchev–Trinajstić information content (AvgIpc) is 2.66. The number of sulfonamides is 1. The predicted molar refractivity (Wildman–Crippen MR) is 108 cm³/mol. The molecule has 150 valence electrons. The van der Waals surface area contributed by atoms with Crippen LogP contribution in [0.3, 0.4) is 0 Å². The summed E-state index contributed by atoms with van der Waals surface area (Å²) in [5, 5.41) is 8.02.